The van der Waals surface area contributed by atoms with Gasteiger partial charge in [-0.05, 0) is 37.5 Å². The minimum atomic E-state index is -1.08. The standard InChI is InChI=1S/C14H15F2NO3/c1-20-14(19)12-4-2-3-7-17(12)13(18)9-5-6-10(15)11(16)8-9/h5-6,8,12H,2-4,7H2,1H3. The summed E-state index contributed by atoms with van der Waals surface area (Å²) in [6, 6.07) is 2.30. The van der Waals surface area contributed by atoms with Crippen molar-refractivity contribution in [2.24, 2.45) is 0 Å². The normalized spacial score (nSPS) is 18.8. The van der Waals surface area contributed by atoms with Crippen molar-refractivity contribution >= 4 is 11.9 Å². The molecule has 1 aliphatic heterocycles. The Hall–Kier alpha value is -1.98. The van der Waals surface area contributed by atoms with E-state index >= 15 is 0 Å². The Morgan fingerprint density at radius 2 is 2.00 bits per heavy atom. The molecule has 108 valence electrons. The van der Waals surface area contributed by atoms with Gasteiger partial charge in [-0.1, -0.05) is 0 Å². The number of hydrogen-bond acceptors (Lipinski definition) is 3. The quantitative estimate of drug-likeness (QED) is 0.781. The number of piperidine rings is 1. The van der Waals surface area contributed by atoms with Gasteiger partial charge in [0.2, 0.25) is 0 Å². The van der Waals surface area contributed by atoms with Crippen LogP contribution in [0.2, 0.25) is 0 Å². The van der Waals surface area contributed by atoms with Gasteiger partial charge in [-0.15, -0.1) is 0 Å². The van der Waals surface area contributed by atoms with E-state index in [2.05, 4.69) is 4.74 Å². The molecule has 0 saturated carbocycles. The smallest absolute Gasteiger partial charge is 0.328 e. The van der Waals surface area contributed by atoms with Crippen LogP contribution in [0.15, 0.2) is 18.2 Å². The monoisotopic (exact) mass is 283 g/mol. The van der Waals surface area contributed by atoms with Crippen molar-refractivity contribution in [2.75, 3.05) is 13.7 Å². The SMILES string of the molecule is COC(=O)C1CCCCN1C(=O)c1ccc(F)c(F)c1. The van der Waals surface area contributed by atoms with Gasteiger partial charge in [-0.2, -0.15) is 0 Å². The molecule has 1 heterocycles. The molecule has 20 heavy (non-hydrogen) atoms. The summed E-state index contributed by atoms with van der Waals surface area (Å²) in [6.07, 6.45) is 2.10. The molecule has 2 rings (SSSR count). The number of carbonyl (C=O) groups is 2. The lowest BCUT2D eigenvalue weighted by atomic mass is 10.0. The number of rotatable bonds is 2. The molecule has 1 aliphatic rings. The first-order valence-corrected chi connectivity index (χ1v) is 6.38. The summed E-state index contributed by atoms with van der Waals surface area (Å²) in [5.41, 5.74) is 0.0275. The molecule has 0 bridgehead atoms. The second-order valence-electron chi connectivity index (χ2n) is 4.66. The summed E-state index contributed by atoms with van der Waals surface area (Å²) in [4.78, 5) is 25.4. The molecule has 1 aromatic carbocycles. The second-order valence-corrected chi connectivity index (χ2v) is 4.66. The van der Waals surface area contributed by atoms with Gasteiger partial charge in [0.05, 0.1) is 7.11 Å². The minimum absolute atomic E-state index is 0.0275. The summed E-state index contributed by atoms with van der Waals surface area (Å²) < 4.78 is 30.8. The number of benzene rings is 1. The van der Waals surface area contributed by atoms with Crippen molar-refractivity contribution in [2.45, 2.75) is 25.3 Å². The highest BCUT2D eigenvalue weighted by molar-refractivity contribution is 5.96. The van der Waals surface area contributed by atoms with E-state index in [4.69, 9.17) is 0 Å². The van der Waals surface area contributed by atoms with Crippen LogP contribution in [0.4, 0.5) is 8.78 Å². The Morgan fingerprint density at radius 1 is 1.25 bits per heavy atom. The van der Waals surface area contributed by atoms with E-state index in [1.54, 1.807) is 0 Å². The van der Waals surface area contributed by atoms with Crippen LogP contribution >= 0.6 is 0 Å². The first-order chi connectivity index (χ1) is 9.54. The average Bonchev–Trinajstić information content (AvgIpc) is 2.48. The molecule has 0 N–H and O–H groups in total. The first-order valence-electron chi connectivity index (χ1n) is 6.38. The average molecular weight is 283 g/mol. The fourth-order valence-corrected chi connectivity index (χ4v) is 2.35. The maximum Gasteiger partial charge on any atom is 0.328 e. The number of likely N-dealkylation sites (tertiary alicyclic amines) is 1. The number of ether oxygens (including phenoxy) is 1. The van der Waals surface area contributed by atoms with Crippen molar-refractivity contribution in [3.05, 3.63) is 35.4 Å². The highest BCUT2D eigenvalue weighted by Crippen LogP contribution is 2.21. The number of halogens is 2. The predicted molar refractivity (Wildman–Crippen MR) is 67.0 cm³/mol. The number of carbonyl (C=O) groups excluding carboxylic acids is 2. The molecule has 0 aliphatic carbocycles. The Balaban J connectivity index is 2.25. The van der Waals surface area contributed by atoms with Crippen molar-refractivity contribution in [1.29, 1.82) is 0 Å². The molecule has 1 unspecified atom stereocenters. The number of amides is 1. The number of esters is 1. The maximum absolute atomic E-state index is 13.2. The summed E-state index contributed by atoms with van der Waals surface area (Å²) in [5, 5.41) is 0. The van der Waals surface area contributed by atoms with Gasteiger partial charge in [-0.3, -0.25) is 4.79 Å². The summed E-state index contributed by atoms with van der Waals surface area (Å²) in [7, 11) is 1.26. The fourth-order valence-electron chi connectivity index (χ4n) is 2.35. The summed E-state index contributed by atoms with van der Waals surface area (Å²) >= 11 is 0. The van der Waals surface area contributed by atoms with Gasteiger partial charge in [0.15, 0.2) is 11.6 Å². The van der Waals surface area contributed by atoms with Crippen LogP contribution in [0, 0.1) is 11.6 Å². The highest BCUT2D eigenvalue weighted by atomic mass is 19.2. The van der Waals surface area contributed by atoms with E-state index in [1.807, 2.05) is 0 Å². The number of hydrogen-bond donors (Lipinski definition) is 0. The molecule has 0 radical (unpaired) electrons. The Morgan fingerprint density at radius 3 is 2.65 bits per heavy atom. The zero-order chi connectivity index (χ0) is 14.7. The molecule has 1 fully saturated rings. The first kappa shape index (κ1) is 14.4. The largest absolute Gasteiger partial charge is 0.467 e. The zero-order valence-electron chi connectivity index (χ0n) is 11.1. The summed E-state index contributed by atoms with van der Waals surface area (Å²) in [5.74, 6) is -3.06. The van der Waals surface area contributed by atoms with Crippen molar-refractivity contribution in [3.8, 4) is 0 Å². The molecule has 4 nitrogen and oxygen atoms in total. The van der Waals surface area contributed by atoms with Gasteiger partial charge in [0.1, 0.15) is 6.04 Å². The Labute approximate surface area is 115 Å². The lowest BCUT2D eigenvalue weighted by molar-refractivity contribution is -0.147. The van der Waals surface area contributed by atoms with Crippen molar-refractivity contribution in [3.63, 3.8) is 0 Å². The molecule has 1 atom stereocenters. The van der Waals surface area contributed by atoms with Gasteiger partial charge >= 0.3 is 5.97 Å². The number of methoxy groups -OCH3 is 1. The van der Waals surface area contributed by atoms with Crippen LogP contribution in [0.5, 0.6) is 0 Å². The molecule has 1 amide bonds. The van der Waals surface area contributed by atoms with E-state index in [1.165, 1.54) is 18.1 Å². The third kappa shape index (κ3) is 2.79. The molecule has 6 heteroatoms. The molecule has 0 spiro atoms. The van der Waals surface area contributed by atoms with Crippen LogP contribution in [0.3, 0.4) is 0 Å². The summed E-state index contributed by atoms with van der Waals surface area (Å²) in [6.45, 7) is 0.400. The lowest BCUT2D eigenvalue weighted by Gasteiger charge is -2.33. The molecular weight excluding hydrogens is 268 g/mol. The molecular formula is C14H15F2NO3. The van der Waals surface area contributed by atoms with Gasteiger partial charge < -0.3 is 9.64 Å². The van der Waals surface area contributed by atoms with E-state index < -0.39 is 29.6 Å². The number of nitrogens with zero attached hydrogens (tertiary/aromatic N) is 1. The van der Waals surface area contributed by atoms with Gasteiger partial charge in [-0.25, -0.2) is 13.6 Å². The third-order valence-electron chi connectivity index (χ3n) is 3.40. The molecule has 1 aromatic rings. The van der Waals surface area contributed by atoms with Crippen LogP contribution in [0.25, 0.3) is 0 Å². The van der Waals surface area contributed by atoms with Crippen molar-refractivity contribution in [1.82, 2.24) is 4.90 Å². The lowest BCUT2D eigenvalue weighted by Crippen LogP contribution is -2.48. The van der Waals surface area contributed by atoms with Gasteiger partial charge in [0, 0.05) is 12.1 Å². The third-order valence-corrected chi connectivity index (χ3v) is 3.40. The Kier molecular flexibility index (Phi) is 4.32. The predicted octanol–water partition coefficient (Wildman–Crippen LogP) is 2.13. The molecule has 1 saturated heterocycles. The van der Waals surface area contributed by atoms with E-state index in [9.17, 15) is 18.4 Å². The topological polar surface area (TPSA) is 46.6 Å². The van der Waals surface area contributed by atoms with Gasteiger partial charge in [0.25, 0.3) is 5.91 Å². The van der Waals surface area contributed by atoms with E-state index in [-0.39, 0.29) is 5.56 Å². The van der Waals surface area contributed by atoms with E-state index in [0.717, 1.165) is 25.0 Å². The molecule has 0 aromatic heterocycles. The zero-order valence-corrected chi connectivity index (χ0v) is 11.1. The van der Waals surface area contributed by atoms with Crippen LogP contribution < -0.4 is 0 Å². The van der Waals surface area contributed by atoms with Crippen molar-refractivity contribution < 1.29 is 23.1 Å². The maximum atomic E-state index is 13.2. The fraction of sp³-hybridized carbons (Fsp3) is 0.429. The van der Waals surface area contributed by atoms with E-state index in [0.29, 0.717) is 13.0 Å². The van der Waals surface area contributed by atoms with Crippen LogP contribution in [-0.4, -0.2) is 36.5 Å². The second kappa shape index (κ2) is 5.98. The van der Waals surface area contributed by atoms with Crippen LogP contribution in [0.1, 0.15) is 29.6 Å². The minimum Gasteiger partial charge on any atom is -0.467 e. The van der Waals surface area contributed by atoms with Crippen LogP contribution in [-0.2, 0) is 9.53 Å². The highest BCUT2D eigenvalue weighted by Gasteiger charge is 2.33. The Bertz CT molecular complexity index is 533.